The van der Waals surface area contributed by atoms with E-state index in [0.717, 1.165) is 25.3 Å². The summed E-state index contributed by atoms with van der Waals surface area (Å²) in [5.74, 6) is 0.735. The van der Waals surface area contributed by atoms with Crippen molar-refractivity contribution in [2.45, 2.75) is 57.4 Å². The topological polar surface area (TPSA) is 41.1 Å². The summed E-state index contributed by atoms with van der Waals surface area (Å²) in [4.78, 5) is 11.5. The van der Waals surface area contributed by atoms with Gasteiger partial charge in [0.15, 0.2) is 0 Å². The first-order chi connectivity index (χ1) is 7.34. The first kappa shape index (κ1) is 10.8. The molecule has 2 amide bonds. The van der Waals surface area contributed by atoms with E-state index < -0.39 is 0 Å². The molecule has 0 aromatic rings. The van der Waals surface area contributed by atoms with Gasteiger partial charge in [-0.3, -0.25) is 0 Å². The summed E-state index contributed by atoms with van der Waals surface area (Å²) in [6, 6.07) is 0.488. The number of amides is 2. The minimum absolute atomic E-state index is 0.0498. The van der Waals surface area contributed by atoms with Gasteiger partial charge < -0.3 is 10.6 Å². The second-order valence-electron chi connectivity index (χ2n) is 4.99. The lowest BCUT2D eigenvalue weighted by atomic mass is 10.1. The molecule has 0 saturated heterocycles. The van der Waals surface area contributed by atoms with E-state index in [0.29, 0.717) is 6.04 Å². The number of nitrogens with one attached hydrogen (secondary N) is 2. The molecule has 2 aliphatic rings. The minimum atomic E-state index is 0.0498. The van der Waals surface area contributed by atoms with Crippen molar-refractivity contribution >= 4 is 6.03 Å². The summed E-state index contributed by atoms with van der Waals surface area (Å²) in [6.45, 7) is 0.874. The Balaban J connectivity index is 1.59. The van der Waals surface area contributed by atoms with Crippen LogP contribution in [0.25, 0.3) is 0 Å². The van der Waals surface area contributed by atoms with Gasteiger partial charge in [-0.2, -0.15) is 0 Å². The second kappa shape index (κ2) is 5.38. The largest absolute Gasteiger partial charge is 0.338 e. The summed E-state index contributed by atoms with van der Waals surface area (Å²) in [7, 11) is 0. The molecule has 2 rings (SSSR count). The van der Waals surface area contributed by atoms with Crippen molar-refractivity contribution in [2.75, 3.05) is 6.54 Å². The van der Waals surface area contributed by atoms with Crippen molar-refractivity contribution < 1.29 is 4.79 Å². The number of carbonyl (C=O) groups is 1. The Hall–Kier alpha value is -0.730. The van der Waals surface area contributed by atoms with Crippen LogP contribution >= 0.6 is 0 Å². The van der Waals surface area contributed by atoms with Gasteiger partial charge in [0.1, 0.15) is 0 Å². The Morgan fingerprint density at radius 1 is 1.00 bits per heavy atom. The average Bonchev–Trinajstić information content (AvgIpc) is 2.86. The number of carbonyl (C=O) groups excluding carboxylic acids is 1. The van der Waals surface area contributed by atoms with Crippen LogP contribution in [0.5, 0.6) is 0 Å². The van der Waals surface area contributed by atoms with Crippen LogP contribution in [-0.2, 0) is 0 Å². The van der Waals surface area contributed by atoms with Crippen LogP contribution in [-0.4, -0.2) is 18.6 Å². The van der Waals surface area contributed by atoms with Gasteiger partial charge in [-0.1, -0.05) is 25.7 Å². The van der Waals surface area contributed by atoms with Crippen molar-refractivity contribution in [2.24, 2.45) is 5.92 Å². The molecule has 2 fully saturated rings. The van der Waals surface area contributed by atoms with Crippen LogP contribution < -0.4 is 10.6 Å². The van der Waals surface area contributed by atoms with E-state index in [9.17, 15) is 4.79 Å². The molecule has 2 saturated carbocycles. The van der Waals surface area contributed by atoms with Gasteiger partial charge in [0, 0.05) is 12.6 Å². The van der Waals surface area contributed by atoms with Crippen LogP contribution in [0.3, 0.4) is 0 Å². The minimum Gasteiger partial charge on any atom is -0.338 e. The molecule has 0 unspecified atom stereocenters. The predicted molar refractivity (Wildman–Crippen MR) is 60.7 cm³/mol. The van der Waals surface area contributed by atoms with E-state index in [1.165, 1.54) is 38.5 Å². The highest BCUT2D eigenvalue weighted by Crippen LogP contribution is 2.23. The summed E-state index contributed by atoms with van der Waals surface area (Å²) < 4.78 is 0. The first-order valence-electron chi connectivity index (χ1n) is 6.39. The standard InChI is InChI=1S/C12H22N2O/c15-12(14-11-7-3-4-8-11)13-9-10-5-1-2-6-10/h10-11H,1-9H2,(H2,13,14,15). The molecule has 0 aromatic heterocycles. The fourth-order valence-electron chi connectivity index (χ4n) is 2.76. The first-order valence-corrected chi connectivity index (χ1v) is 6.39. The molecule has 3 nitrogen and oxygen atoms in total. The third kappa shape index (κ3) is 3.40. The molecule has 0 aromatic carbocycles. The highest BCUT2D eigenvalue weighted by atomic mass is 16.2. The third-order valence-electron chi connectivity index (χ3n) is 3.72. The van der Waals surface area contributed by atoms with E-state index in [1.54, 1.807) is 0 Å². The zero-order valence-corrected chi connectivity index (χ0v) is 9.43. The SMILES string of the molecule is O=C(NCC1CCCC1)NC1CCCC1. The highest BCUT2D eigenvalue weighted by Gasteiger charge is 2.18. The molecule has 2 aliphatic carbocycles. The van der Waals surface area contributed by atoms with Crippen molar-refractivity contribution in [3.63, 3.8) is 0 Å². The summed E-state index contributed by atoms with van der Waals surface area (Å²) in [5, 5.41) is 6.05. The quantitative estimate of drug-likeness (QED) is 0.738. The van der Waals surface area contributed by atoms with Crippen molar-refractivity contribution in [3.05, 3.63) is 0 Å². The van der Waals surface area contributed by atoms with Gasteiger partial charge in [0.05, 0.1) is 0 Å². The number of hydrogen-bond acceptors (Lipinski definition) is 1. The van der Waals surface area contributed by atoms with E-state index >= 15 is 0 Å². The Bertz CT molecular complexity index is 206. The van der Waals surface area contributed by atoms with Gasteiger partial charge in [-0.25, -0.2) is 4.79 Å². The number of rotatable bonds is 3. The van der Waals surface area contributed by atoms with Crippen LogP contribution in [0.4, 0.5) is 4.79 Å². The Morgan fingerprint density at radius 3 is 2.27 bits per heavy atom. The summed E-state index contributed by atoms with van der Waals surface area (Å²) >= 11 is 0. The lowest BCUT2D eigenvalue weighted by molar-refractivity contribution is 0.235. The molecule has 0 spiro atoms. The molecule has 0 atom stereocenters. The zero-order chi connectivity index (χ0) is 10.5. The Labute approximate surface area is 92.0 Å². The van der Waals surface area contributed by atoms with Gasteiger partial charge >= 0.3 is 6.03 Å². The van der Waals surface area contributed by atoms with Gasteiger partial charge in [-0.15, -0.1) is 0 Å². The van der Waals surface area contributed by atoms with E-state index in [-0.39, 0.29) is 6.03 Å². The summed E-state index contributed by atoms with van der Waals surface area (Å²) in [5.41, 5.74) is 0. The predicted octanol–water partition coefficient (Wildman–Crippen LogP) is 2.42. The monoisotopic (exact) mass is 210 g/mol. The molecule has 3 heteroatoms. The van der Waals surface area contributed by atoms with Crippen LogP contribution in [0, 0.1) is 5.92 Å². The molecule has 86 valence electrons. The smallest absolute Gasteiger partial charge is 0.315 e. The molecule has 0 radical (unpaired) electrons. The van der Waals surface area contributed by atoms with Gasteiger partial charge in [-0.05, 0) is 31.6 Å². The van der Waals surface area contributed by atoms with Gasteiger partial charge in [0.25, 0.3) is 0 Å². The second-order valence-corrected chi connectivity index (χ2v) is 4.99. The van der Waals surface area contributed by atoms with Crippen molar-refractivity contribution in [1.29, 1.82) is 0 Å². The maximum Gasteiger partial charge on any atom is 0.315 e. The molecule has 0 aliphatic heterocycles. The Kier molecular flexibility index (Phi) is 3.87. The van der Waals surface area contributed by atoms with Gasteiger partial charge in [0.2, 0.25) is 0 Å². The fraction of sp³-hybridized carbons (Fsp3) is 0.917. The van der Waals surface area contributed by atoms with Crippen LogP contribution in [0.1, 0.15) is 51.4 Å². The molecular weight excluding hydrogens is 188 g/mol. The van der Waals surface area contributed by atoms with Crippen LogP contribution in [0.2, 0.25) is 0 Å². The van der Waals surface area contributed by atoms with E-state index in [2.05, 4.69) is 10.6 Å². The Morgan fingerprint density at radius 2 is 1.60 bits per heavy atom. The zero-order valence-electron chi connectivity index (χ0n) is 9.43. The lowest BCUT2D eigenvalue weighted by Crippen LogP contribution is -2.42. The lowest BCUT2D eigenvalue weighted by Gasteiger charge is -2.15. The molecule has 0 bridgehead atoms. The van der Waals surface area contributed by atoms with E-state index in [1.807, 2.05) is 0 Å². The normalized spacial score (nSPS) is 23.2. The van der Waals surface area contributed by atoms with Crippen LogP contribution in [0.15, 0.2) is 0 Å². The molecule has 2 N–H and O–H groups in total. The summed E-state index contributed by atoms with van der Waals surface area (Å²) in [6.07, 6.45) is 10.1. The van der Waals surface area contributed by atoms with Crippen molar-refractivity contribution in [1.82, 2.24) is 10.6 Å². The third-order valence-corrected chi connectivity index (χ3v) is 3.72. The average molecular weight is 210 g/mol. The molecule has 0 heterocycles. The maximum absolute atomic E-state index is 11.5. The van der Waals surface area contributed by atoms with Crippen molar-refractivity contribution in [3.8, 4) is 0 Å². The molecule has 15 heavy (non-hydrogen) atoms. The highest BCUT2D eigenvalue weighted by molar-refractivity contribution is 5.74. The molecular formula is C12H22N2O. The fourth-order valence-corrected chi connectivity index (χ4v) is 2.76. The van der Waals surface area contributed by atoms with E-state index in [4.69, 9.17) is 0 Å². The number of hydrogen-bond donors (Lipinski definition) is 2. The number of urea groups is 1. The maximum atomic E-state index is 11.5.